The number of rotatable bonds is 6. The Morgan fingerprint density at radius 3 is 2.43 bits per heavy atom. The molecule has 0 unspecified atom stereocenters. The number of carbonyl (C=O) groups is 1. The van der Waals surface area contributed by atoms with Crippen LogP contribution in [0.2, 0.25) is 0 Å². The normalized spacial score (nSPS) is 13.2. The highest BCUT2D eigenvalue weighted by Crippen LogP contribution is 2.22. The Balaban J connectivity index is 2.07. The molecule has 2 atom stereocenters. The van der Waals surface area contributed by atoms with Crippen LogP contribution in [0.5, 0.6) is 0 Å². The summed E-state index contributed by atoms with van der Waals surface area (Å²) < 4.78 is 11.4. The maximum Gasteiger partial charge on any atom is 0.250 e. The minimum atomic E-state index is -0.979. The van der Waals surface area contributed by atoms with Crippen molar-refractivity contribution in [1.29, 1.82) is 0 Å². The molecule has 2 rings (SSSR count). The average molecular weight is 332 g/mol. The standard InChI is InChI=1S/C17H20N2O3S/c1-12(13-6-8-16(9-7-13)23(2)22)18-14-4-3-5-15(10-14)19-17(21)11-20/h3-10,12,18,20H,11H2,1-2H3,(H,19,21)/t12-,23+/m0/s1. The molecule has 3 N–H and O–H groups in total. The first-order valence-electron chi connectivity index (χ1n) is 7.20. The maximum atomic E-state index is 11.4. The molecule has 0 bridgehead atoms. The zero-order valence-corrected chi connectivity index (χ0v) is 13.9. The lowest BCUT2D eigenvalue weighted by molar-refractivity contribution is -0.118. The lowest BCUT2D eigenvalue weighted by Gasteiger charge is -2.17. The quantitative estimate of drug-likeness (QED) is 0.759. The van der Waals surface area contributed by atoms with E-state index in [0.717, 1.165) is 16.1 Å². The third-order valence-electron chi connectivity index (χ3n) is 3.39. The summed E-state index contributed by atoms with van der Waals surface area (Å²) in [5.74, 6) is -0.446. The number of nitrogens with one attached hydrogen (secondary N) is 2. The molecule has 1 amide bonds. The van der Waals surface area contributed by atoms with Gasteiger partial charge in [-0.3, -0.25) is 9.00 Å². The molecular weight excluding hydrogens is 312 g/mol. The van der Waals surface area contributed by atoms with Crippen molar-refractivity contribution in [2.75, 3.05) is 23.5 Å². The highest BCUT2D eigenvalue weighted by atomic mass is 32.2. The van der Waals surface area contributed by atoms with Crippen LogP contribution >= 0.6 is 0 Å². The lowest BCUT2D eigenvalue weighted by atomic mass is 10.1. The Morgan fingerprint density at radius 2 is 1.83 bits per heavy atom. The molecule has 5 nitrogen and oxygen atoms in total. The second kappa shape index (κ2) is 7.89. The van der Waals surface area contributed by atoms with E-state index < -0.39 is 23.3 Å². The largest absolute Gasteiger partial charge is 0.387 e. The summed E-state index contributed by atoms with van der Waals surface area (Å²) in [6, 6.07) is 15.0. The van der Waals surface area contributed by atoms with Crippen LogP contribution in [0.3, 0.4) is 0 Å². The van der Waals surface area contributed by atoms with E-state index in [1.807, 2.05) is 43.3 Å². The van der Waals surface area contributed by atoms with Crippen molar-refractivity contribution in [3.8, 4) is 0 Å². The first-order chi connectivity index (χ1) is 11.0. The van der Waals surface area contributed by atoms with E-state index in [-0.39, 0.29) is 6.04 Å². The van der Waals surface area contributed by atoms with Crippen LogP contribution in [0.15, 0.2) is 53.4 Å². The number of anilines is 2. The van der Waals surface area contributed by atoms with Crippen LogP contribution in [0, 0.1) is 0 Å². The van der Waals surface area contributed by atoms with Gasteiger partial charge in [0.1, 0.15) is 6.61 Å². The Hall–Kier alpha value is -2.18. The lowest BCUT2D eigenvalue weighted by Crippen LogP contribution is -2.15. The molecule has 0 fully saturated rings. The summed E-state index contributed by atoms with van der Waals surface area (Å²) in [6.07, 6.45) is 1.66. The molecule has 0 radical (unpaired) electrons. The van der Waals surface area contributed by atoms with Crippen LogP contribution in [-0.2, 0) is 15.6 Å². The summed E-state index contributed by atoms with van der Waals surface area (Å²) in [7, 11) is -0.979. The van der Waals surface area contributed by atoms with Gasteiger partial charge in [-0.15, -0.1) is 0 Å². The predicted octanol–water partition coefficient (Wildman–Crippen LogP) is 2.53. The van der Waals surface area contributed by atoms with Crippen LogP contribution in [0.4, 0.5) is 11.4 Å². The van der Waals surface area contributed by atoms with Gasteiger partial charge < -0.3 is 15.7 Å². The smallest absolute Gasteiger partial charge is 0.250 e. The van der Waals surface area contributed by atoms with Gasteiger partial charge in [-0.1, -0.05) is 18.2 Å². The molecule has 2 aromatic rings. The maximum absolute atomic E-state index is 11.4. The minimum absolute atomic E-state index is 0.0538. The van der Waals surface area contributed by atoms with Crippen LogP contribution in [0.25, 0.3) is 0 Å². The van der Waals surface area contributed by atoms with Crippen LogP contribution in [-0.4, -0.2) is 28.1 Å². The van der Waals surface area contributed by atoms with E-state index in [2.05, 4.69) is 10.6 Å². The molecule has 0 aliphatic rings. The topological polar surface area (TPSA) is 78.4 Å². The highest BCUT2D eigenvalue weighted by molar-refractivity contribution is 7.84. The van der Waals surface area contributed by atoms with Gasteiger partial charge in [0.15, 0.2) is 0 Å². The SMILES string of the molecule is C[C@H](Nc1cccc(NC(=O)CO)c1)c1ccc([S@@](C)=O)cc1. The Morgan fingerprint density at radius 1 is 1.17 bits per heavy atom. The van der Waals surface area contributed by atoms with Gasteiger partial charge in [0, 0.05) is 39.4 Å². The third-order valence-corrected chi connectivity index (χ3v) is 4.32. The van der Waals surface area contributed by atoms with Crippen LogP contribution in [0.1, 0.15) is 18.5 Å². The van der Waals surface area contributed by atoms with E-state index in [1.165, 1.54) is 0 Å². The van der Waals surface area contributed by atoms with Gasteiger partial charge in [0.05, 0.1) is 0 Å². The van der Waals surface area contributed by atoms with Gasteiger partial charge in [-0.05, 0) is 42.8 Å². The van der Waals surface area contributed by atoms with Gasteiger partial charge in [-0.25, -0.2) is 0 Å². The zero-order valence-electron chi connectivity index (χ0n) is 13.1. The molecule has 0 aliphatic heterocycles. The molecule has 0 aliphatic carbocycles. The van der Waals surface area contributed by atoms with Crippen molar-refractivity contribution in [3.05, 3.63) is 54.1 Å². The number of benzene rings is 2. The number of carbonyl (C=O) groups excluding carboxylic acids is 1. The number of amides is 1. The summed E-state index contributed by atoms with van der Waals surface area (Å²) in [6.45, 7) is 1.48. The molecular formula is C17H20N2O3S. The highest BCUT2D eigenvalue weighted by Gasteiger charge is 2.07. The van der Waals surface area contributed by atoms with Gasteiger partial charge in [0.2, 0.25) is 5.91 Å². The number of aliphatic hydroxyl groups excluding tert-OH is 1. The average Bonchev–Trinajstić information content (AvgIpc) is 2.55. The fraction of sp³-hybridized carbons (Fsp3) is 0.235. The van der Waals surface area contributed by atoms with Crippen molar-refractivity contribution in [2.45, 2.75) is 17.9 Å². The zero-order chi connectivity index (χ0) is 16.8. The number of aliphatic hydroxyl groups is 1. The van der Waals surface area contributed by atoms with Gasteiger partial charge in [0.25, 0.3) is 0 Å². The van der Waals surface area contributed by atoms with Crippen molar-refractivity contribution < 1.29 is 14.1 Å². The number of hydrogen-bond donors (Lipinski definition) is 3. The second-order valence-corrected chi connectivity index (χ2v) is 6.56. The van der Waals surface area contributed by atoms with Crippen molar-refractivity contribution >= 4 is 28.1 Å². The molecule has 0 saturated carbocycles. The fourth-order valence-corrected chi connectivity index (χ4v) is 2.69. The molecule has 0 spiro atoms. The fourth-order valence-electron chi connectivity index (χ4n) is 2.17. The summed E-state index contributed by atoms with van der Waals surface area (Å²) >= 11 is 0. The van der Waals surface area contributed by atoms with E-state index in [0.29, 0.717) is 5.69 Å². The van der Waals surface area contributed by atoms with Crippen LogP contribution < -0.4 is 10.6 Å². The predicted molar refractivity (Wildman–Crippen MR) is 93.0 cm³/mol. The van der Waals surface area contributed by atoms with Crippen molar-refractivity contribution in [2.24, 2.45) is 0 Å². The molecule has 2 aromatic carbocycles. The summed E-state index contributed by atoms with van der Waals surface area (Å²) in [5, 5.41) is 14.7. The van der Waals surface area contributed by atoms with Crippen molar-refractivity contribution in [3.63, 3.8) is 0 Å². The molecule has 0 aromatic heterocycles. The Labute approximate surface area is 138 Å². The monoisotopic (exact) mass is 332 g/mol. The Bertz CT molecular complexity index is 701. The molecule has 0 heterocycles. The first-order valence-corrected chi connectivity index (χ1v) is 8.76. The second-order valence-electron chi connectivity index (χ2n) is 5.18. The molecule has 6 heteroatoms. The van der Waals surface area contributed by atoms with E-state index in [4.69, 9.17) is 5.11 Å². The summed E-state index contributed by atoms with van der Waals surface area (Å²) in [5.41, 5.74) is 2.55. The van der Waals surface area contributed by atoms with E-state index >= 15 is 0 Å². The van der Waals surface area contributed by atoms with Gasteiger partial charge >= 0.3 is 0 Å². The van der Waals surface area contributed by atoms with Gasteiger partial charge in [-0.2, -0.15) is 0 Å². The first kappa shape index (κ1) is 17.2. The molecule has 122 valence electrons. The van der Waals surface area contributed by atoms with E-state index in [1.54, 1.807) is 18.4 Å². The molecule has 0 saturated heterocycles. The minimum Gasteiger partial charge on any atom is -0.387 e. The third kappa shape index (κ3) is 4.91. The number of hydrogen-bond acceptors (Lipinski definition) is 4. The molecule has 23 heavy (non-hydrogen) atoms. The Kier molecular flexibility index (Phi) is 5.90. The van der Waals surface area contributed by atoms with Crippen molar-refractivity contribution in [1.82, 2.24) is 0 Å². The van der Waals surface area contributed by atoms with E-state index in [9.17, 15) is 9.00 Å². The summed E-state index contributed by atoms with van der Waals surface area (Å²) in [4.78, 5) is 12.0.